The predicted octanol–water partition coefficient (Wildman–Crippen LogP) is 4.95. The number of carbonyl (C=O) groups excluding carboxylic acids is 1. The molecule has 0 spiro atoms. The molecule has 1 amide bonds. The van der Waals surface area contributed by atoms with Crippen LogP contribution in [0.1, 0.15) is 22.1 Å². The van der Waals surface area contributed by atoms with Crippen LogP contribution in [0.4, 0.5) is 5.69 Å². The maximum atomic E-state index is 11.7. The highest BCUT2D eigenvalue weighted by atomic mass is 79.9. The summed E-state index contributed by atoms with van der Waals surface area (Å²) >= 11 is 16.2. The molecule has 0 aromatic heterocycles. The molecule has 3 rings (SSSR count). The molecule has 2 nitrogen and oxygen atoms in total. The first kappa shape index (κ1) is 14.9. The standard InChI is InChI=1S/C16H12BrCl2NO/c1-20-14-5-2-9(6-10(14)7-15(20)21)16(19)12-8-11(18)3-4-13(12)17/h2-6,8,16H,7H2,1H3. The van der Waals surface area contributed by atoms with Crippen molar-refractivity contribution in [3.63, 3.8) is 0 Å². The van der Waals surface area contributed by atoms with Gasteiger partial charge in [-0.2, -0.15) is 0 Å². The Labute approximate surface area is 141 Å². The van der Waals surface area contributed by atoms with Crippen molar-refractivity contribution in [1.29, 1.82) is 0 Å². The van der Waals surface area contributed by atoms with E-state index in [0.29, 0.717) is 11.4 Å². The quantitative estimate of drug-likeness (QED) is 0.670. The molecule has 0 aliphatic carbocycles. The Hall–Kier alpha value is -1.03. The van der Waals surface area contributed by atoms with Crippen LogP contribution in [-0.4, -0.2) is 13.0 Å². The number of fused-ring (bicyclic) bond motifs is 1. The van der Waals surface area contributed by atoms with Crippen LogP contribution < -0.4 is 4.90 Å². The molecule has 0 saturated heterocycles. The topological polar surface area (TPSA) is 20.3 Å². The van der Waals surface area contributed by atoms with E-state index in [4.69, 9.17) is 23.2 Å². The highest BCUT2D eigenvalue weighted by Crippen LogP contribution is 2.38. The van der Waals surface area contributed by atoms with Crippen molar-refractivity contribution in [3.05, 3.63) is 62.6 Å². The molecule has 0 saturated carbocycles. The zero-order chi connectivity index (χ0) is 15.1. The highest BCUT2D eigenvalue weighted by Gasteiger charge is 2.25. The lowest BCUT2D eigenvalue weighted by molar-refractivity contribution is -0.117. The van der Waals surface area contributed by atoms with Crippen LogP contribution in [-0.2, 0) is 11.2 Å². The van der Waals surface area contributed by atoms with E-state index in [-0.39, 0.29) is 11.3 Å². The van der Waals surface area contributed by atoms with E-state index in [2.05, 4.69) is 15.9 Å². The Morgan fingerprint density at radius 2 is 2.00 bits per heavy atom. The van der Waals surface area contributed by atoms with Crippen molar-refractivity contribution >= 4 is 50.7 Å². The van der Waals surface area contributed by atoms with E-state index in [1.165, 1.54) is 0 Å². The van der Waals surface area contributed by atoms with E-state index in [9.17, 15) is 4.79 Å². The van der Waals surface area contributed by atoms with Gasteiger partial charge in [0.2, 0.25) is 5.91 Å². The molecule has 0 bridgehead atoms. The second-order valence-electron chi connectivity index (χ2n) is 5.05. The van der Waals surface area contributed by atoms with Gasteiger partial charge < -0.3 is 4.90 Å². The van der Waals surface area contributed by atoms with Crippen molar-refractivity contribution < 1.29 is 4.79 Å². The van der Waals surface area contributed by atoms with Gasteiger partial charge in [0.1, 0.15) is 0 Å². The first-order valence-corrected chi connectivity index (χ1v) is 8.06. The Morgan fingerprint density at radius 1 is 1.24 bits per heavy atom. The summed E-state index contributed by atoms with van der Waals surface area (Å²) in [5.41, 5.74) is 3.85. The van der Waals surface area contributed by atoms with Gasteiger partial charge in [-0.15, -0.1) is 11.6 Å². The minimum Gasteiger partial charge on any atom is -0.315 e. The van der Waals surface area contributed by atoms with Gasteiger partial charge in [0, 0.05) is 22.2 Å². The van der Waals surface area contributed by atoms with Gasteiger partial charge in [-0.1, -0.05) is 39.7 Å². The smallest absolute Gasteiger partial charge is 0.231 e. The van der Waals surface area contributed by atoms with Gasteiger partial charge in [-0.3, -0.25) is 4.79 Å². The van der Waals surface area contributed by atoms with Crippen molar-refractivity contribution in [2.24, 2.45) is 0 Å². The van der Waals surface area contributed by atoms with Gasteiger partial charge >= 0.3 is 0 Å². The van der Waals surface area contributed by atoms with Crippen LogP contribution in [0, 0.1) is 0 Å². The number of amides is 1. The minimum atomic E-state index is -0.315. The Kier molecular flexibility index (Phi) is 4.00. The monoisotopic (exact) mass is 383 g/mol. The first-order valence-electron chi connectivity index (χ1n) is 6.46. The Balaban J connectivity index is 2.00. The number of rotatable bonds is 2. The second-order valence-corrected chi connectivity index (χ2v) is 6.77. The van der Waals surface area contributed by atoms with Crippen molar-refractivity contribution in [2.45, 2.75) is 11.8 Å². The summed E-state index contributed by atoms with van der Waals surface area (Å²) in [6, 6.07) is 11.5. The molecular weight excluding hydrogens is 373 g/mol. The SMILES string of the molecule is CN1C(=O)Cc2cc(C(Cl)c3cc(Cl)ccc3Br)ccc21. The molecule has 0 N–H and O–H groups in total. The zero-order valence-corrected chi connectivity index (χ0v) is 14.3. The molecule has 21 heavy (non-hydrogen) atoms. The van der Waals surface area contributed by atoms with Gasteiger partial charge in [0.25, 0.3) is 0 Å². The van der Waals surface area contributed by atoms with Gasteiger partial charge in [0.15, 0.2) is 0 Å². The number of hydrogen-bond donors (Lipinski definition) is 0. The molecule has 0 fully saturated rings. The maximum absolute atomic E-state index is 11.7. The van der Waals surface area contributed by atoms with E-state index in [0.717, 1.165) is 26.9 Å². The van der Waals surface area contributed by atoms with Gasteiger partial charge in [-0.25, -0.2) is 0 Å². The lowest BCUT2D eigenvalue weighted by atomic mass is 10.0. The van der Waals surface area contributed by atoms with Gasteiger partial charge in [0.05, 0.1) is 11.8 Å². The molecule has 0 radical (unpaired) electrons. The number of benzene rings is 2. The molecule has 1 unspecified atom stereocenters. The summed E-state index contributed by atoms with van der Waals surface area (Å²) in [5.74, 6) is 0.109. The van der Waals surface area contributed by atoms with Crippen LogP contribution in [0.2, 0.25) is 5.02 Å². The van der Waals surface area contributed by atoms with Crippen molar-refractivity contribution in [1.82, 2.24) is 0 Å². The highest BCUT2D eigenvalue weighted by molar-refractivity contribution is 9.10. The fourth-order valence-electron chi connectivity index (χ4n) is 2.54. The largest absolute Gasteiger partial charge is 0.315 e. The molecular formula is C16H12BrCl2NO. The molecule has 2 aromatic rings. The fourth-order valence-corrected chi connectivity index (χ4v) is 3.64. The maximum Gasteiger partial charge on any atom is 0.231 e. The third kappa shape index (κ3) is 2.70. The van der Waals surface area contributed by atoms with Crippen LogP contribution in [0.3, 0.4) is 0 Å². The van der Waals surface area contributed by atoms with Crippen LogP contribution in [0.15, 0.2) is 40.9 Å². The number of likely N-dealkylation sites (N-methyl/N-ethyl adjacent to an activating group) is 1. The Bertz CT molecular complexity index is 732. The third-order valence-corrected chi connectivity index (χ3v) is 5.15. The van der Waals surface area contributed by atoms with Gasteiger partial charge in [-0.05, 0) is 41.0 Å². The summed E-state index contributed by atoms with van der Waals surface area (Å²) in [4.78, 5) is 13.4. The fraction of sp³-hybridized carbons (Fsp3) is 0.188. The predicted molar refractivity (Wildman–Crippen MR) is 90.4 cm³/mol. The molecule has 1 heterocycles. The molecule has 1 aliphatic heterocycles. The first-order chi connectivity index (χ1) is 9.97. The average Bonchev–Trinajstić information content (AvgIpc) is 2.75. The number of nitrogens with zero attached hydrogens (tertiary/aromatic N) is 1. The molecule has 108 valence electrons. The summed E-state index contributed by atoms with van der Waals surface area (Å²) in [6.07, 6.45) is 0.431. The molecule has 1 atom stereocenters. The van der Waals surface area contributed by atoms with Crippen LogP contribution >= 0.6 is 39.1 Å². The minimum absolute atomic E-state index is 0.109. The van der Waals surface area contributed by atoms with E-state index >= 15 is 0 Å². The summed E-state index contributed by atoms with van der Waals surface area (Å²) < 4.78 is 0.917. The van der Waals surface area contributed by atoms with Crippen molar-refractivity contribution in [2.75, 3.05) is 11.9 Å². The van der Waals surface area contributed by atoms with E-state index < -0.39 is 0 Å². The second kappa shape index (κ2) is 5.64. The number of alkyl halides is 1. The van der Waals surface area contributed by atoms with Crippen LogP contribution in [0.5, 0.6) is 0 Å². The van der Waals surface area contributed by atoms with Crippen LogP contribution in [0.25, 0.3) is 0 Å². The number of anilines is 1. The lowest BCUT2D eigenvalue weighted by Gasteiger charge is -2.15. The number of carbonyl (C=O) groups is 1. The Morgan fingerprint density at radius 3 is 2.76 bits per heavy atom. The van der Waals surface area contributed by atoms with E-state index in [1.54, 1.807) is 11.9 Å². The van der Waals surface area contributed by atoms with Crippen molar-refractivity contribution in [3.8, 4) is 0 Å². The van der Waals surface area contributed by atoms with E-state index in [1.807, 2.05) is 36.4 Å². The average molecular weight is 385 g/mol. The molecule has 2 aromatic carbocycles. The molecule has 5 heteroatoms. The zero-order valence-electron chi connectivity index (χ0n) is 11.2. The number of hydrogen-bond acceptors (Lipinski definition) is 1. The summed E-state index contributed by atoms with van der Waals surface area (Å²) in [6.45, 7) is 0. The lowest BCUT2D eigenvalue weighted by Crippen LogP contribution is -2.20. The normalized spacial score (nSPS) is 15.2. The summed E-state index contributed by atoms with van der Waals surface area (Å²) in [5, 5.41) is 0.333. The summed E-state index contributed by atoms with van der Waals surface area (Å²) in [7, 11) is 1.79. The third-order valence-electron chi connectivity index (χ3n) is 3.70. The molecule has 1 aliphatic rings. The number of halogens is 3.